The van der Waals surface area contributed by atoms with Gasteiger partial charge >= 0.3 is 0 Å². The van der Waals surface area contributed by atoms with Crippen LogP contribution in [0.1, 0.15) is 81.3 Å². The normalized spacial score (nSPS) is 22.0. The van der Waals surface area contributed by atoms with Gasteiger partial charge in [0.25, 0.3) is 0 Å². The van der Waals surface area contributed by atoms with Crippen molar-refractivity contribution in [3.8, 4) is 16.9 Å². The predicted molar refractivity (Wildman–Crippen MR) is 218 cm³/mol. The number of hydrogen-bond donors (Lipinski definition) is 12. The molecular weight excluding hydrogens is 731 g/mol. The van der Waals surface area contributed by atoms with E-state index >= 15 is 0 Å². The summed E-state index contributed by atoms with van der Waals surface area (Å²) in [5, 5.41) is 24.9. The molecule has 314 valence electrons. The lowest BCUT2D eigenvalue weighted by atomic mass is 9.96. The Labute approximate surface area is 334 Å². The van der Waals surface area contributed by atoms with Gasteiger partial charge in [-0.05, 0) is 112 Å². The van der Waals surface area contributed by atoms with Gasteiger partial charge in [0, 0.05) is 43.9 Å². The fourth-order valence-corrected chi connectivity index (χ4v) is 7.20. The molecule has 4 bridgehead atoms. The molecule has 5 amide bonds. The summed E-state index contributed by atoms with van der Waals surface area (Å²) in [7, 11) is 0. The Balaban J connectivity index is 1.49. The van der Waals surface area contributed by atoms with Gasteiger partial charge in [-0.1, -0.05) is 30.3 Å². The van der Waals surface area contributed by atoms with Gasteiger partial charge in [0.05, 0.1) is 6.04 Å². The smallest absolute Gasteiger partial charge is 0.247 e. The molecular formula is C40H63N11O6. The molecule has 1 unspecified atom stereocenters. The molecule has 0 radical (unpaired) electrons. The first-order valence-corrected chi connectivity index (χ1v) is 20.1. The van der Waals surface area contributed by atoms with Crippen LogP contribution in [-0.4, -0.2) is 103 Å². The van der Waals surface area contributed by atoms with Crippen LogP contribution in [0.2, 0.25) is 0 Å². The first-order valence-electron chi connectivity index (χ1n) is 20.1. The van der Waals surface area contributed by atoms with Crippen LogP contribution >= 0.6 is 0 Å². The minimum atomic E-state index is -1.44. The Hall–Kier alpha value is -4.65. The maximum atomic E-state index is 14.4. The summed E-state index contributed by atoms with van der Waals surface area (Å²) in [4.78, 5) is 67.6. The first kappa shape index (κ1) is 45.1. The molecule has 18 N–H and O–H groups in total. The molecule has 0 saturated heterocycles. The van der Waals surface area contributed by atoms with Gasteiger partial charge in [-0.25, -0.2) is 0 Å². The highest BCUT2D eigenvalue weighted by Gasteiger charge is 2.62. The van der Waals surface area contributed by atoms with Crippen molar-refractivity contribution in [2.45, 2.75) is 112 Å². The number of amides is 5. The van der Waals surface area contributed by atoms with Crippen molar-refractivity contribution in [1.82, 2.24) is 26.6 Å². The Kier molecular flexibility index (Phi) is 17.2. The van der Waals surface area contributed by atoms with Crippen molar-refractivity contribution in [2.24, 2.45) is 34.4 Å². The van der Waals surface area contributed by atoms with Crippen molar-refractivity contribution >= 4 is 29.5 Å². The second-order valence-electron chi connectivity index (χ2n) is 15.3. The van der Waals surface area contributed by atoms with Gasteiger partial charge in [-0.3, -0.25) is 24.0 Å². The molecule has 1 aliphatic carbocycles. The Morgan fingerprint density at radius 2 is 1.56 bits per heavy atom. The van der Waals surface area contributed by atoms with E-state index in [1.165, 1.54) is 0 Å². The molecule has 1 saturated carbocycles. The van der Waals surface area contributed by atoms with E-state index in [9.17, 15) is 29.1 Å². The number of carbonyl (C=O) groups excluding carboxylic acids is 5. The van der Waals surface area contributed by atoms with Crippen molar-refractivity contribution in [1.29, 1.82) is 0 Å². The van der Waals surface area contributed by atoms with Gasteiger partial charge in [-0.2, -0.15) is 0 Å². The van der Waals surface area contributed by atoms with Crippen molar-refractivity contribution in [3.05, 3.63) is 53.6 Å². The van der Waals surface area contributed by atoms with E-state index in [2.05, 4.69) is 26.6 Å². The number of phenols is 1. The zero-order valence-electron chi connectivity index (χ0n) is 32.8. The van der Waals surface area contributed by atoms with E-state index in [1.807, 2.05) is 24.3 Å². The summed E-state index contributed by atoms with van der Waals surface area (Å²) in [6, 6.07) is 8.95. The quantitative estimate of drug-likeness (QED) is 0.0684. The van der Waals surface area contributed by atoms with Crippen molar-refractivity contribution < 1.29 is 29.1 Å². The van der Waals surface area contributed by atoms with Crippen LogP contribution in [-0.2, 0) is 30.4 Å². The minimum Gasteiger partial charge on any atom is -0.508 e. The summed E-state index contributed by atoms with van der Waals surface area (Å²) in [5.41, 5.74) is 37.0. The van der Waals surface area contributed by atoms with E-state index in [0.29, 0.717) is 50.8 Å². The standard InChI is InChI=1S/C40H63N11O6/c41-14-2-8-29(45)23-48-35(53)21-28(44)9-5-17-47-37(55)32(10-3-15-42)50-39(57)40-22-30(40)26-7-1-6-24(18-26)25-12-13-34(52)27(19-25)20-31(46)36(54)49-33(11-4-16-43)38(56)51-40/h1,6-7,12-13,18-19,28-33,52H,2-5,8-11,14-17,20-23,41-46H2,(H,47,55)(H,48,53)(H,49,54)(H,50,57)(H,51,56)/t28-,29-,30?,31-,32-,33-,40-/m0/s1. The third kappa shape index (κ3) is 12.9. The van der Waals surface area contributed by atoms with Crippen LogP contribution < -0.4 is 61.0 Å². The Morgan fingerprint density at radius 3 is 2.30 bits per heavy atom. The molecule has 57 heavy (non-hydrogen) atoms. The molecule has 2 aliphatic rings. The highest BCUT2D eigenvalue weighted by atomic mass is 16.3. The minimum absolute atomic E-state index is 0.00887. The fraction of sp³-hybridized carbons (Fsp3) is 0.575. The zero-order chi connectivity index (χ0) is 41.5. The van der Waals surface area contributed by atoms with E-state index < -0.39 is 59.3 Å². The summed E-state index contributed by atoms with van der Waals surface area (Å²) < 4.78 is 0. The van der Waals surface area contributed by atoms with Gasteiger partial charge < -0.3 is 66.1 Å². The predicted octanol–water partition coefficient (Wildman–Crippen LogP) is -1.47. The molecule has 4 rings (SSSR count). The summed E-state index contributed by atoms with van der Waals surface area (Å²) in [6.45, 7) is 1.69. The van der Waals surface area contributed by atoms with Crippen molar-refractivity contribution in [2.75, 3.05) is 32.7 Å². The summed E-state index contributed by atoms with van der Waals surface area (Å²) in [6.07, 6.45) is 4.14. The molecule has 1 heterocycles. The molecule has 7 atom stereocenters. The monoisotopic (exact) mass is 793 g/mol. The van der Waals surface area contributed by atoms with Crippen LogP contribution in [0.3, 0.4) is 0 Å². The SMILES string of the molecule is NCCC[C@H](N)CNC(=O)C[C@@H](N)CCCNC(=O)[C@H](CCCN)NC(=O)[C@]12CC1c1cccc(c1)-c1ccc(O)c(c1)C[C@H](N)C(=O)N[C@@H](CCCN)C(=O)N2. The van der Waals surface area contributed by atoms with Crippen LogP contribution in [0.25, 0.3) is 11.1 Å². The van der Waals surface area contributed by atoms with E-state index in [1.54, 1.807) is 18.2 Å². The third-order valence-corrected chi connectivity index (χ3v) is 10.7. The summed E-state index contributed by atoms with van der Waals surface area (Å²) >= 11 is 0. The van der Waals surface area contributed by atoms with Crippen LogP contribution in [0.4, 0.5) is 0 Å². The number of fused-ring (bicyclic) bond motifs is 7. The van der Waals surface area contributed by atoms with Gasteiger partial charge in [0.15, 0.2) is 0 Å². The zero-order valence-corrected chi connectivity index (χ0v) is 32.8. The van der Waals surface area contributed by atoms with Crippen LogP contribution in [0.15, 0.2) is 42.5 Å². The Morgan fingerprint density at radius 1 is 0.860 bits per heavy atom. The highest BCUT2D eigenvalue weighted by molar-refractivity contribution is 6.00. The lowest BCUT2D eigenvalue weighted by Gasteiger charge is -2.27. The number of rotatable bonds is 20. The van der Waals surface area contributed by atoms with E-state index in [-0.39, 0.29) is 69.4 Å². The molecule has 1 fully saturated rings. The van der Waals surface area contributed by atoms with Crippen LogP contribution in [0.5, 0.6) is 5.75 Å². The number of phenolic OH excluding ortho intramolecular Hbond substituents is 1. The van der Waals surface area contributed by atoms with Gasteiger partial charge in [0.2, 0.25) is 29.5 Å². The number of aromatic hydroxyl groups is 1. The van der Waals surface area contributed by atoms with Gasteiger partial charge in [-0.15, -0.1) is 0 Å². The molecule has 0 aromatic heterocycles. The molecule has 0 spiro atoms. The topological polar surface area (TPSA) is 322 Å². The first-order chi connectivity index (χ1) is 27.3. The average Bonchev–Trinajstić information content (AvgIpc) is 3.93. The second-order valence-corrected chi connectivity index (χ2v) is 15.3. The molecule has 17 heteroatoms. The summed E-state index contributed by atoms with van der Waals surface area (Å²) in [5.74, 6) is -2.82. The third-order valence-electron chi connectivity index (χ3n) is 10.7. The fourth-order valence-electron chi connectivity index (χ4n) is 7.20. The maximum absolute atomic E-state index is 14.4. The average molecular weight is 794 g/mol. The number of nitrogens with one attached hydrogen (secondary N) is 5. The Bertz CT molecular complexity index is 1690. The lowest BCUT2D eigenvalue weighted by Crippen LogP contribution is -2.59. The van der Waals surface area contributed by atoms with Crippen LogP contribution in [0, 0.1) is 0 Å². The molecule has 17 nitrogen and oxygen atoms in total. The number of nitrogens with two attached hydrogens (primary N) is 6. The van der Waals surface area contributed by atoms with Gasteiger partial charge in [0.1, 0.15) is 23.4 Å². The second kappa shape index (κ2) is 21.8. The largest absolute Gasteiger partial charge is 0.508 e. The molecule has 1 aliphatic heterocycles. The molecule has 2 aromatic carbocycles. The maximum Gasteiger partial charge on any atom is 0.247 e. The number of benzene rings is 2. The molecule has 2 aromatic rings. The number of hydrogen-bond acceptors (Lipinski definition) is 12. The van der Waals surface area contributed by atoms with E-state index in [0.717, 1.165) is 23.1 Å². The van der Waals surface area contributed by atoms with Crippen molar-refractivity contribution in [3.63, 3.8) is 0 Å². The highest BCUT2D eigenvalue weighted by Crippen LogP contribution is 2.52. The van der Waals surface area contributed by atoms with E-state index in [4.69, 9.17) is 34.4 Å². The lowest BCUT2D eigenvalue weighted by molar-refractivity contribution is -0.135. The number of carbonyl (C=O) groups is 5.